The van der Waals surface area contributed by atoms with Crippen LogP contribution in [0.15, 0.2) is 23.4 Å². The molecule has 0 bridgehead atoms. The van der Waals surface area contributed by atoms with E-state index in [0.29, 0.717) is 5.82 Å². The molecule has 72 valence electrons. The van der Waals surface area contributed by atoms with Gasteiger partial charge in [-0.3, -0.25) is 4.57 Å². The first-order valence-corrected chi connectivity index (χ1v) is 4.24. The van der Waals surface area contributed by atoms with Gasteiger partial charge in [0.25, 0.3) is 0 Å². The van der Waals surface area contributed by atoms with Gasteiger partial charge in [0.15, 0.2) is 0 Å². The molecule has 14 heavy (non-hydrogen) atoms. The molecule has 0 atom stereocenters. The highest BCUT2D eigenvalue weighted by atomic mass is 16.1. The lowest BCUT2D eigenvalue weighted by atomic mass is 10.4. The fourth-order valence-corrected chi connectivity index (χ4v) is 1.24. The average Bonchev–Trinajstić information content (AvgIpc) is 2.50. The molecule has 5 heteroatoms. The van der Waals surface area contributed by atoms with Crippen molar-refractivity contribution in [1.82, 2.24) is 19.5 Å². The molecule has 0 unspecified atom stereocenters. The molecule has 0 aliphatic rings. The Labute approximate surface area is 80.5 Å². The van der Waals surface area contributed by atoms with E-state index in [1.165, 1.54) is 0 Å². The van der Waals surface area contributed by atoms with Crippen LogP contribution in [-0.4, -0.2) is 19.5 Å². The van der Waals surface area contributed by atoms with Crippen LogP contribution < -0.4 is 5.69 Å². The van der Waals surface area contributed by atoms with Gasteiger partial charge < -0.3 is 4.98 Å². The molecule has 2 aromatic rings. The molecule has 0 aliphatic heterocycles. The van der Waals surface area contributed by atoms with E-state index in [0.717, 1.165) is 11.4 Å². The molecular weight excluding hydrogens is 180 g/mol. The Balaban J connectivity index is 2.56. The van der Waals surface area contributed by atoms with E-state index in [1.807, 2.05) is 20.0 Å². The minimum atomic E-state index is -0.341. The largest absolute Gasteiger partial charge is 0.347 e. The lowest BCUT2D eigenvalue weighted by Crippen LogP contribution is -2.14. The third kappa shape index (κ3) is 1.56. The maximum atomic E-state index is 11.1. The Morgan fingerprint density at radius 3 is 2.79 bits per heavy atom. The number of nitrogens with zero attached hydrogens (tertiary/aromatic N) is 3. The Hall–Kier alpha value is -1.91. The minimum Gasteiger partial charge on any atom is -0.310 e. The number of aromatic nitrogens is 4. The fourth-order valence-electron chi connectivity index (χ4n) is 1.24. The molecule has 0 spiro atoms. The summed E-state index contributed by atoms with van der Waals surface area (Å²) in [5.74, 6) is 0.590. The Morgan fingerprint density at radius 2 is 2.21 bits per heavy atom. The van der Waals surface area contributed by atoms with Crippen LogP contribution in [0.2, 0.25) is 0 Å². The molecule has 2 heterocycles. The predicted octanol–water partition coefficient (Wildman–Crippen LogP) is 0.572. The van der Waals surface area contributed by atoms with Gasteiger partial charge >= 0.3 is 5.69 Å². The van der Waals surface area contributed by atoms with Gasteiger partial charge in [0.1, 0.15) is 12.1 Å². The molecule has 2 aromatic heterocycles. The van der Waals surface area contributed by atoms with E-state index in [2.05, 4.69) is 15.0 Å². The van der Waals surface area contributed by atoms with Crippen LogP contribution in [0.4, 0.5) is 0 Å². The summed E-state index contributed by atoms with van der Waals surface area (Å²) in [6.07, 6.45) is 3.46. The number of imidazole rings is 1. The summed E-state index contributed by atoms with van der Waals surface area (Å²) < 4.78 is 1.72. The van der Waals surface area contributed by atoms with Crippen LogP contribution in [0.25, 0.3) is 5.82 Å². The number of aryl methyl sites for hydroxylation is 2. The highest BCUT2D eigenvalue weighted by molar-refractivity contribution is 5.23. The number of hydrogen-bond donors (Lipinski definition) is 1. The van der Waals surface area contributed by atoms with Crippen molar-refractivity contribution in [2.75, 3.05) is 0 Å². The monoisotopic (exact) mass is 190 g/mol. The van der Waals surface area contributed by atoms with Crippen LogP contribution in [-0.2, 0) is 0 Å². The Morgan fingerprint density at radius 1 is 1.43 bits per heavy atom. The van der Waals surface area contributed by atoms with Crippen molar-refractivity contribution < 1.29 is 0 Å². The van der Waals surface area contributed by atoms with Crippen LogP contribution in [0.5, 0.6) is 0 Å². The molecule has 0 saturated carbocycles. The van der Waals surface area contributed by atoms with Crippen molar-refractivity contribution in [1.29, 1.82) is 0 Å². The van der Waals surface area contributed by atoms with E-state index in [-0.39, 0.29) is 5.69 Å². The summed E-state index contributed by atoms with van der Waals surface area (Å²) in [4.78, 5) is 21.6. The van der Waals surface area contributed by atoms with E-state index in [1.54, 1.807) is 17.0 Å². The van der Waals surface area contributed by atoms with Gasteiger partial charge in [0, 0.05) is 18.0 Å². The molecule has 2 rings (SSSR count). The second-order valence-corrected chi connectivity index (χ2v) is 3.15. The zero-order valence-corrected chi connectivity index (χ0v) is 7.98. The molecule has 0 saturated heterocycles. The molecule has 0 fully saturated rings. The smallest absolute Gasteiger partial charge is 0.310 e. The van der Waals surface area contributed by atoms with Gasteiger partial charge in [-0.05, 0) is 13.8 Å². The topological polar surface area (TPSA) is 63.6 Å². The first kappa shape index (κ1) is 8.68. The lowest BCUT2D eigenvalue weighted by Gasteiger charge is -2.00. The predicted molar refractivity (Wildman–Crippen MR) is 51.5 cm³/mol. The quantitative estimate of drug-likeness (QED) is 0.715. The zero-order chi connectivity index (χ0) is 10.1. The van der Waals surface area contributed by atoms with Gasteiger partial charge in [-0.15, -0.1) is 0 Å². The summed E-state index contributed by atoms with van der Waals surface area (Å²) in [7, 11) is 0. The van der Waals surface area contributed by atoms with Crippen LogP contribution in [0, 0.1) is 13.8 Å². The third-order valence-corrected chi connectivity index (χ3v) is 1.84. The third-order valence-electron chi connectivity index (χ3n) is 1.84. The lowest BCUT2D eigenvalue weighted by molar-refractivity contribution is 0.923. The Kier molecular flexibility index (Phi) is 1.92. The van der Waals surface area contributed by atoms with Crippen molar-refractivity contribution in [3.63, 3.8) is 0 Å². The summed E-state index contributed by atoms with van der Waals surface area (Å²) in [6.45, 7) is 3.70. The molecule has 0 radical (unpaired) electrons. The molecule has 0 aliphatic carbocycles. The summed E-state index contributed by atoms with van der Waals surface area (Å²) >= 11 is 0. The summed E-state index contributed by atoms with van der Waals surface area (Å²) in [6, 6.07) is 1.79. The summed E-state index contributed by atoms with van der Waals surface area (Å²) in [5, 5.41) is 0. The second kappa shape index (κ2) is 3.10. The van der Waals surface area contributed by atoms with Gasteiger partial charge in [-0.2, -0.15) is 4.98 Å². The van der Waals surface area contributed by atoms with Gasteiger partial charge in [-0.25, -0.2) is 9.78 Å². The molecule has 1 N–H and O–H groups in total. The van der Waals surface area contributed by atoms with Crippen molar-refractivity contribution in [2.45, 2.75) is 13.8 Å². The van der Waals surface area contributed by atoms with Crippen molar-refractivity contribution in [2.24, 2.45) is 0 Å². The van der Waals surface area contributed by atoms with Crippen molar-refractivity contribution in [3.8, 4) is 5.82 Å². The molecule has 5 nitrogen and oxygen atoms in total. The molecule has 0 aromatic carbocycles. The van der Waals surface area contributed by atoms with Crippen molar-refractivity contribution in [3.05, 3.63) is 40.5 Å². The van der Waals surface area contributed by atoms with E-state index >= 15 is 0 Å². The maximum Gasteiger partial charge on any atom is 0.347 e. The van der Waals surface area contributed by atoms with E-state index in [4.69, 9.17) is 0 Å². The fraction of sp³-hybridized carbons (Fsp3) is 0.222. The Bertz CT molecular complexity index is 512. The minimum absolute atomic E-state index is 0.341. The van der Waals surface area contributed by atoms with Crippen LogP contribution in [0.3, 0.4) is 0 Å². The zero-order valence-electron chi connectivity index (χ0n) is 7.98. The average molecular weight is 190 g/mol. The number of nitrogens with one attached hydrogen (secondary N) is 1. The highest BCUT2D eigenvalue weighted by Gasteiger charge is 2.00. The maximum absolute atomic E-state index is 11.1. The van der Waals surface area contributed by atoms with E-state index < -0.39 is 0 Å². The second-order valence-electron chi connectivity index (χ2n) is 3.15. The standard InChI is InChI=1S/C9H10N4O/c1-6-3-8(12-9(14)11-6)13-4-7(2)10-5-13/h3-5H,1-2H3,(H,11,12,14). The van der Waals surface area contributed by atoms with Gasteiger partial charge in [-0.1, -0.05) is 0 Å². The molecule has 0 amide bonds. The van der Waals surface area contributed by atoms with Crippen molar-refractivity contribution >= 4 is 0 Å². The van der Waals surface area contributed by atoms with Gasteiger partial charge in [0.2, 0.25) is 0 Å². The number of hydrogen-bond acceptors (Lipinski definition) is 3. The number of aromatic amines is 1. The normalized spacial score (nSPS) is 10.4. The first-order chi connectivity index (χ1) is 6.65. The highest BCUT2D eigenvalue weighted by Crippen LogP contribution is 2.03. The number of H-pyrrole nitrogens is 1. The van der Waals surface area contributed by atoms with Crippen LogP contribution >= 0.6 is 0 Å². The van der Waals surface area contributed by atoms with Crippen LogP contribution in [0.1, 0.15) is 11.4 Å². The molecular formula is C9H10N4O. The SMILES string of the molecule is Cc1cn(-c2cc(C)[nH]c(=O)n2)cn1. The van der Waals surface area contributed by atoms with E-state index in [9.17, 15) is 4.79 Å². The number of rotatable bonds is 1. The summed E-state index contributed by atoms with van der Waals surface area (Å²) in [5.41, 5.74) is 1.34. The first-order valence-electron chi connectivity index (χ1n) is 4.24. The van der Waals surface area contributed by atoms with Gasteiger partial charge in [0.05, 0.1) is 5.69 Å².